The lowest BCUT2D eigenvalue weighted by Crippen LogP contribution is -2.03. The Balaban J connectivity index is 2.51. The maximum atomic E-state index is 10.8. The van der Waals surface area contributed by atoms with Crippen LogP contribution < -0.4 is 0 Å². The molecule has 0 saturated heterocycles. The van der Waals surface area contributed by atoms with Crippen molar-refractivity contribution in [3.05, 3.63) is 34.9 Å². The number of esters is 1. The largest absolute Gasteiger partial charge is 0.460 e. The van der Waals surface area contributed by atoms with E-state index < -0.39 is 5.97 Å². The number of nitrogens with zero attached hydrogens (tertiary/aromatic N) is 1. The number of ether oxygens (including phenoxy) is 1. The van der Waals surface area contributed by atoms with Gasteiger partial charge in [-0.1, -0.05) is 29.8 Å². The summed E-state index contributed by atoms with van der Waals surface area (Å²) in [7, 11) is 0. The van der Waals surface area contributed by atoms with E-state index in [4.69, 9.17) is 21.6 Å². The molecule has 3 nitrogen and oxygen atoms in total. The number of nitriles is 1. The second-order valence-electron chi connectivity index (χ2n) is 2.59. The second-order valence-corrected chi connectivity index (χ2v) is 2.99. The zero-order chi connectivity index (χ0) is 10.4. The molecule has 0 aliphatic heterocycles. The zero-order valence-corrected chi connectivity index (χ0v) is 8.12. The monoisotopic (exact) mass is 209 g/mol. The third-order valence-electron chi connectivity index (χ3n) is 1.57. The van der Waals surface area contributed by atoms with E-state index in [-0.39, 0.29) is 13.0 Å². The van der Waals surface area contributed by atoms with Crippen LogP contribution >= 0.6 is 11.6 Å². The minimum absolute atomic E-state index is 0.111. The molecule has 0 aliphatic rings. The molecule has 0 N–H and O–H groups in total. The Morgan fingerprint density at radius 2 is 2.21 bits per heavy atom. The third kappa shape index (κ3) is 3.08. The summed E-state index contributed by atoms with van der Waals surface area (Å²) in [5.74, 6) is -0.535. The maximum Gasteiger partial charge on any atom is 0.320 e. The summed E-state index contributed by atoms with van der Waals surface area (Å²) in [6, 6.07) is 8.79. The molecule has 0 unspecified atom stereocenters. The Kier molecular flexibility index (Phi) is 3.96. The van der Waals surface area contributed by atoms with Gasteiger partial charge in [0, 0.05) is 10.6 Å². The molecule has 0 radical (unpaired) electrons. The van der Waals surface area contributed by atoms with Crippen molar-refractivity contribution < 1.29 is 9.53 Å². The Bertz CT molecular complexity index is 371. The summed E-state index contributed by atoms with van der Waals surface area (Å²) in [6.45, 7) is 0.111. The van der Waals surface area contributed by atoms with Crippen molar-refractivity contribution >= 4 is 17.6 Å². The van der Waals surface area contributed by atoms with Crippen LogP contribution in [0.4, 0.5) is 0 Å². The average Bonchev–Trinajstić information content (AvgIpc) is 2.17. The van der Waals surface area contributed by atoms with Crippen molar-refractivity contribution in [1.29, 1.82) is 5.26 Å². The Morgan fingerprint density at radius 1 is 1.50 bits per heavy atom. The Labute approximate surface area is 86.9 Å². The summed E-state index contributed by atoms with van der Waals surface area (Å²) in [5, 5.41) is 8.76. The molecule has 0 spiro atoms. The SMILES string of the molecule is N#CCC(=O)OCc1ccccc1Cl. The number of rotatable bonds is 3. The fourth-order valence-corrected chi connectivity index (χ4v) is 1.08. The van der Waals surface area contributed by atoms with E-state index in [9.17, 15) is 4.79 Å². The van der Waals surface area contributed by atoms with Crippen molar-refractivity contribution in [1.82, 2.24) is 0 Å². The van der Waals surface area contributed by atoms with Crippen molar-refractivity contribution in [3.8, 4) is 6.07 Å². The van der Waals surface area contributed by atoms with Crippen LogP contribution in [-0.4, -0.2) is 5.97 Å². The first-order chi connectivity index (χ1) is 6.74. The van der Waals surface area contributed by atoms with E-state index in [2.05, 4.69) is 0 Å². The van der Waals surface area contributed by atoms with E-state index in [1.165, 1.54) is 0 Å². The summed E-state index contributed by atoms with van der Waals surface area (Å²) in [4.78, 5) is 10.8. The van der Waals surface area contributed by atoms with Gasteiger partial charge < -0.3 is 4.74 Å². The van der Waals surface area contributed by atoms with Gasteiger partial charge in [-0.2, -0.15) is 5.26 Å². The summed E-state index contributed by atoms with van der Waals surface area (Å²) in [6.07, 6.45) is -0.232. The first kappa shape index (κ1) is 10.6. The van der Waals surface area contributed by atoms with Crippen LogP contribution in [0, 0.1) is 11.3 Å². The van der Waals surface area contributed by atoms with Crippen LogP contribution in [0.2, 0.25) is 5.02 Å². The van der Waals surface area contributed by atoms with Crippen molar-refractivity contribution in [3.63, 3.8) is 0 Å². The highest BCUT2D eigenvalue weighted by atomic mass is 35.5. The first-order valence-corrected chi connectivity index (χ1v) is 4.38. The van der Waals surface area contributed by atoms with E-state index in [0.29, 0.717) is 5.02 Å². The Hall–Kier alpha value is -1.53. The predicted octanol–water partition coefficient (Wildman–Crippen LogP) is 2.30. The van der Waals surface area contributed by atoms with Crippen LogP contribution in [-0.2, 0) is 16.1 Å². The van der Waals surface area contributed by atoms with Gasteiger partial charge in [-0.05, 0) is 6.07 Å². The number of carbonyl (C=O) groups excluding carboxylic acids is 1. The average molecular weight is 210 g/mol. The summed E-state index contributed by atoms with van der Waals surface area (Å²) in [5.41, 5.74) is 0.737. The molecule has 4 heteroatoms. The number of benzene rings is 1. The van der Waals surface area contributed by atoms with Crippen molar-refractivity contribution in [2.45, 2.75) is 13.0 Å². The van der Waals surface area contributed by atoms with Gasteiger partial charge >= 0.3 is 5.97 Å². The molecule has 0 aromatic heterocycles. The first-order valence-electron chi connectivity index (χ1n) is 4.00. The van der Waals surface area contributed by atoms with Gasteiger partial charge in [-0.25, -0.2) is 0 Å². The summed E-state index contributed by atoms with van der Waals surface area (Å²) < 4.78 is 4.80. The van der Waals surface area contributed by atoms with Crippen LogP contribution in [0.3, 0.4) is 0 Å². The molecule has 0 saturated carbocycles. The van der Waals surface area contributed by atoms with Crippen LogP contribution in [0.25, 0.3) is 0 Å². The van der Waals surface area contributed by atoms with E-state index in [1.54, 1.807) is 30.3 Å². The third-order valence-corrected chi connectivity index (χ3v) is 1.94. The molecular formula is C10H8ClNO2. The lowest BCUT2D eigenvalue weighted by atomic mass is 10.2. The molecule has 0 bridgehead atoms. The molecule has 0 fully saturated rings. The van der Waals surface area contributed by atoms with Crippen molar-refractivity contribution in [2.24, 2.45) is 0 Å². The molecule has 1 rings (SSSR count). The zero-order valence-electron chi connectivity index (χ0n) is 7.37. The van der Waals surface area contributed by atoms with Crippen LogP contribution in [0.5, 0.6) is 0 Å². The van der Waals surface area contributed by atoms with E-state index in [1.807, 2.05) is 0 Å². The standard InChI is InChI=1S/C10H8ClNO2/c11-9-4-2-1-3-8(9)7-14-10(13)5-6-12/h1-4H,5,7H2. The van der Waals surface area contributed by atoms with Gasteiger partial charge in [0.25, 0.3) is 0 Å². The minimum atomic E-state index is -0.535. The quantitative estimate of drug-likeness (QED) is 0.718. The van der Waals surface area contributed by atoms with Gasteiger partial charge in [-0.15, -0.1) is 0 Å². The molecule has 0 atom stereocenters. The highest BCUT2D eigenvalue weighted by molar-refractivity contribution is 6.31. The van der Waals surface area contributed by atoms with Crippen LogP contribution in [0.15, 0.2) is 24.3 Å². The molecule has 1 aromatic carbocycles. The molecular weight excluding hydrogens is 202 g/mol. The highest BCUT2D eigenvalue weighted by Gasteiger charge is 2.03. The molecule has 0 amide bonds. The van der Waals surface area contributed by atoms with E-state index >= 15 is 0 Å². The smallest absolute Gasteiger partial charge is 0.320 e. The van der Waals surface area contributed by atoms with E-state index in [0.717, 1.165) is 5.56 Å². The van der Waals surface area contributed by atoms with Gasteiger partial charge in [0.05, 0.1) is 6.07 Å². The molecule has 0 aliphatic carbocycles. The normalized spacial score (nSPS) is 9.14. The fraction of sp³-hybridized carbons (Fsp3) is 0.200. The second kappa shape index (κ2) is 5.25. The van der Waals surface area contributed by atoms with Crippen LogP contribution in [0.1, 0.15) is 12.0 Å². The van der Waals surface area contributed by atoms with Gasteiger partial charge in [0.1, 0.15) is 13.0 Å². The molecule has 0 heterocycles. The lowest BCUT2D eigenvalue weighted by Gasteiger charge is -2.03. The number of hydrogen-bond donors (Lipinski definition) is 0. The molecule has 72 valence electrons. The molecule has 14 heavy (non-hydrogen) atoms. The topological polar surface area (TPSA) is 50.1 Å². The van der Waals surface area contributed by atoms with Gasteiger partial charge in [0.15, 0.2) is 0 Å². The number of carbonyl (C=O) groups is 1. The molecule has 1 aromatic rings. The lowest BCUT2D eigenvalue weighted by molar-refractivity contribution is -0.143. The van der Waals surface area contributed by atoms with Gasteiger partial charge in [-0.3, -0.25) is 4.79 Å². The maximum absolute atomic E-state index is 10.8. The highest BCUT2D eigenvalue weighted by Crippen LogP contribution is 2.15. The Morgan fingerprint density at radius 3 is 2.86 bits per heavy atom. The van der Waals surface area contributed by atoms with Crippen molar-refractivity contribution in [2.75, 3.05) is 0 Å². The number of hydrogen-bond acceptors (Lipinski definition) is 3. The minimum Gasteiger partial charge on any atom is -0.460 e. The number of halogens is 1. The van der Waals surface area contributed by atoms with Gasteiger partial charge in [0.2, 0.25) is 0 Å². The fourth-order valence-electron chi connectivity index (χ4n) is 0.889. The summed E-state index contributed by atoms with van der Waals surface area (Å²) >= 11 is 5.83. The predicted molar refractivity (Wildman–Crippen MR) is 51.5 cm³/mol.